The molecule has 0 saturated carbocycles. The summed E-state index contributed by atoms with van der Waals surface area (Å²) in [5, 5.41) is 3.27. The Labute approximate surface area is 149 Å². The SMILES string of the molecule is COc1cc(CS(=O)(=O)CCC(C)(C)OC)nc(N2CCNCC2)n1. The molecule has 1 fully saturated rings. The molecule has 1 aromatic rings. The zero-order valence-corrected chi connectivity index (χ0v) is 16.2. The predicted molar refractivity (Wildman–Crippen MR) is 96.9 cm³/mol. The topological polar surface area (TPSA) is 93.7 Å². The first-order chi connectivity index (χ1) is 11.7. The minimum Gasteiger partial charge on any atom is -0.481 e. The van der Waals surface area contributed by atoms with E-state index in [0.29, 0.717) is 23.9 Å². The summed E-state index contributed by atoms with van der Waals surface area (Å²) in [6.45, 7) is 7.00. The van der Waals surface area contributed by atoms with Crippen LogP contribution < -0.4 is 15.0 Å². The van der Waals surface area contributed by atoms with E-state index < -0.39 is 15.4 Å². The Balaban J connectivity index is 2.14. The fourth-order valence-electron chi connectivity index (χ4n) is 2.44. The van der Waals surface area contributed by atoms with Gasteiger partial charge in [-0.1, -0.05) is 0 Å². The minimum atomic E-state index is -3.31. The smallest absolute Gasteiger partial charge is 0.228 e. The molecular formula is C16H28N4O4S. The van der Waals surface area contributed by atoms with E-state index in [4.69, 9.17) is 9.47 Å². The van der Waals surface area contributed by atoms with Gasteiger partial charge in [0.1, 0.15) is 0 Å². The number of hydrogen-bond donors (Lipinski definition) is 1. The maximum atomic E-state index is 12.5. The number of aromatic nitrogens is 2. The maximum Gasteiger partial charge on any atom is 0.228 e. The highest BCUT2D eigenvalue weighted by atomic mass is 32.2. The molecule has 1 aliphatic heterocycles. The maximum absolute atomic E-state index is 12.5. The predicted octanol–water partition coefficient (Wildman–Crippen LogP) is 0.625. The number of nitrogens with one attached hydrogen (secondary N) is 1. The summed E-state index contributed by atoms with van der Waals surface area (Å²) in [6.07, 6.45) is 0.429. The summed E-state index contributed by atoms with van der Waals surface area (Å²) in [7, 11) is -0.205. The van der Waals surface area contributed by atoms with Gasteiger partial charge in [0.05, 0.1) is 29.9 Å². The Hall–Kier alpha value is -1.45. The van der Waals surface area contributed by atoms with E-state index in [2.05, 4.69) is 15.3 Å². The van der Waals surface area contributed by atoms with E-state index >= 15 is 0 Å². The molecule has 1 aromatic heterocycles. The van der Waals surface area contributed by atoms with Crippen LogP contribution >= 0.6 is 0 Å². The fraction of sp³-hybridized carbons (Fsp3) is 0.750. The number of rotatable bonds is 8. The molecule has 2 rings (SSSR count). The molecule has 9 heteroatoms. The van der Waals surface area contributed by atoms with Gasteiger partial charge in [-0.05, 0) is 20.3 Å². The van der Waals surface area contributed by atoms with Crippen molar-refractivity contribution < 1.29 is 17.9 Å². The van der Waals surface area contributed by atoms with Crippen LogP contribution in [0.3, 0.4) is 0 Å². The van der Waals surface area contributed by atoms with Crippen molar-refractivity contribution in [2.75, 3.05) is 51.1 Å². The van der Waals surface area contributed by atoms with Crippen molar-refractivity contribution in [2.45, 2.75) is 31.6 Å². The Kier molecular flexibility index (Phi) is 6.59. The van der Waals surface area contributed by atoms with Crippen LogP contribution in [0.1, 0.15) is 26.0 Å². The molecule has 0 unspecified atom stereocenters. The van der Waals surface area contributed by atoms with E-state index in [1.165, 1.54) is 7.11 Å². The number of hydrogen-bond acceptors (Lipinski definition) is 8. The fourth-order valence-corrected chi connectivity index (χ4v) is 3.99. The zero-order valence-electron chi connectivity index (χ0n) is 15.4. The second-order valence-corrected chi connectivity index (χ2v) is 8.93. The molecule has 142 valence electrons. The average Bonchev–Trinajstić information content (AvgIpc) is 2.60. The summed E-state index contributed by atoms with van der Waals surface area (Å²) in [5.41, 5.74) is -0.0156. The third kappa shape index (κ3) is 6.09. The van der Waals surface area contributed by atoms with E-state index in [0.717, 1.165) is 26.2 Å². The zero-order chi connectivity index (χ0) is 18.5. The highest BCUT2D eigenvalue weighted by Gasteiger charge is 2.23. The van der Waals surface area contributed by atoms with Crippen molar-refractivity contribution in [3.05, 3.63) is 11.8 Å². The first kappa shape index (κ1) is 19.9. The number of sulfone groups is 1. The van der Waals surface area contributed by atoms with Gasteiger partial charge in [-0.25, -0.2) is 13.4 Å². The van der Waals surface area contributed by atoms with E-state index in [1.807, 2.05) is 18.7 Å². The number of methoxy groups -OCH3 is 2. The Morgan fingerprint density at radius 1 is 1.24 bits per heavy atom. The molecule has 25 heavy (non-hydrogen) atoms. The standard InChI is InChI=1S/C16H28N4O4S/c1-16(2,24-4)5-10-25(21,22)12-13-11-14(23-3)19-15(18-13)20-8-6-17-7-9-20/h11,17H,5-10,12H2,1-4H3. The molecule has 0 amide bonds. The lowest BCUT2D eigenvalue weighted by atomic mass is 10.1. The van der Waals surface area contributed by atoms with Crippen molar-refractivity contribution in [1.29, 1.82) is 0 Å². The average molecular weight is 372 g/mol. The van der Waals surface area contributed by atoms with Gasteiger partial charge >= 0.3 is 0 Å². The number of anilines is 1. The molecule has 8 nitrogen and oxygen atoms in total. The quantitative estimate of drug-likeness (QED) is 0.710. The molecule has 0 radical (unpaired) electrons. The number of ether oxygens (including phenoxy) is 2. The Morgan fingerprint density at radius 2 is 1.92 bits per heavy atom. The van der Waals surface area contributed by atoms with Crippen LogP contribution in [-0.2, 0) is 20.3 Å². The van der Waals surface area contributed by atoms with Crippen molar-refractivity contribution >= 4 is 15.8 Å². The summed E-state index contributed by atoms with van der Waals surface area (Å²) < 4.78 is 35.5. The first-order valence-corrected chi connectivity index (χ1v) is 10.2. The van der Waals surface area contributed by atoms with Gasteiger partial charge < -0.3 is 19.7 Å². The molecule has 0 spiro atoms. The molecule has 0 atom stereocenters. The monoisotopic (exact) mass is 372 g/mol. The lowest BCUT2D eigenvalue weighted by Gasteiger charge is -2.27. The molecule has 1 N–H and O–H groups in total. The Morgan fingerprint density at radius 3 is 2.52 bits per heavy atom. The summed E-state index contributed by atoms with van der Waals surface area (Å²) in [6, 6.07) is 1.59. The molecule has 1 saturated heterocycles. The van der Waals surface area contributed by atoms with Gasteiger partial charge in [0.25, 0.3) is 0 Å². The van der Waals surface area contributed by atoms with Gasteiger partial charge in [0, 0.05) is 39.4 Å². The van der Waals surface area contributed by atoms with Crippen molar-refractivity contribution in [1.82, 2.24) is 15.3 Å². The largest absolute Gasteiger partial charge is 0.481 e. The second-order valence-electron chi connectivity index (χ2n) is 6.74. The van der Waals surface area contributed by atoms with E-state index in [-0.39, 0.29) is 11.5 Å². The van der Waals surface area contributed by atoms with Gasteiger partial charge in [-0.15, -0.1) is 0 Å². The van der Waals surface area contributed by atoms with E-state index in [1.54, 1.807) is 13.2 Å². The highest BCUT2D eigenvalue weighted by Crippen LogP contribution is 2.20. The molecular weight excluding hydrogens is 344 g/mol. The molecule has 1 aliphatic rings. The number of piperazine rings is 1. The molecule has 0 bridgehead atoms. The Bertz CT molecular complexity index is 673. The number of nitrogens with zero attached hydrogens (tertiary/aromatic N) is 3. The van der Waals surface area contributed by atoms with Crippen LogP contribution in [0.25, 0.3) is 0 Å². The third-order valence-electron chi connectivity index (χ3n) is 4.29. The summed E-state index contributed by atoms with van der Waals surface area (Å²) >= 11 is 0. The minimum absolute atomic E-state index is 0.0448. The van der Waals surface area contributed by atoms with Crippen molar-refractivity contribution in [3.8, 4) is 5.88 Å². The van der Waals surface area contributed by atoms with Crippen LogP contribution in [0.2, 0.25) is 0 Å². The van der Waals surface area contributed by atoms with E-state index in [9.17, 15) is 8.42 Å². The normalized spacial score (nSPS) is 16.1. The third-order valence-corrected chi connectivity index (χ3v) is 5.85. The second kappa shape index (κ2) is 8.29. The van der Waals surface area contributed by atoms with Gasteiger partial charge in [0.2, 0.25) is 11.8 Å². The first-order valence-electron chi connectivity index (χ1n) is 8.38. The lowest BCUT2D eigenvalue weighted by Crippen LogP contribution is -2.44. The van der Waals surface area contributed by atoms with Gasteiger partial charge in [0.15, 0.2) is 9.84 Å². The van der Waals surface area contributed by atoms with Crippen molar-refractivity contribution in [2.24, 2.45) is 0 Å². The molecule has 0 aliphatic carbocycles. The van der Waals surface area contributed by atoms with Crippen LogP contribution in [0.5, 0.6) is 5.88 Å². The summed E-state index contributed by atoms with van der Waals surface area (Å²) in [4.78, 5) is 10.8. The lowest BCUT2D eigenvalue weighted by molar-refractivity contribution is 0.0203. The van der Waals surface area contributed by atoms with Crippen LogP contribution in [-0.4, -0.2) is 70.1 Å². The molecule has 2 heterocycles. The van der Waals surface area contributed by atoms with Crippen LogP contribution in [0, 0.1) is 0 Å². The molecule has 0 aromatic carbocycles. The van der Waals surface area contributed by atoms with Crippen LogP contribution in [0.15, 0.2) is 6.07 Å². The van der Waals surface area contributed by atoms with Gasteiger partial charge in [-0.3, -0.25) is 0 Å². The van der Waals surface area contributed by atoms with Crippen LogP contribution in [0.4, 0.5) is 5.95 Å². The highest BCUT2D eigenvalue weighted by molar-refractivity contribution is 7.90. The van der Waals surface area contributed by atoms with Crippen molar-refractivity contribution in [3.63, 3.8) is 0 Å². The van der Waals surface area contributed by atoms with Gasteiger partial charge in [-0.2, -0.15) is 4.98 Å². The summed E-state index contributed by atoms with van der Waals surface area (Å²) in [5.74, 6) is 0.808.